The van der Waals surface area contributed by atoms with Gasteiger partial charge in [0.25, 0.3) is 0 Å². The SMILES string of the molecule is O=S(=O)(c1ccc2c(c1)CCCC2)N1CCCC(c2nnc(-c3ccccc3F)s2)C1. The van der Waals surface area contributed by atoms with Gasteiger partial charge in [-0.2, -0.15) is 4.31 Å². The molecule has 5 rings (SSSR count). The first-order valence-corrected chi connectivity index (χ1v) is 13.0. The van der Waals surface area contributed by atoms with Gasteiger partial charge in [-0.05, 0) is 73.9 Å². The van der Waals surface area contributed by atoms with Gasteiger partial charge in [-0.15, -0.1) is 10.2 Å². The Morgan fingerprint density at radius 3 is 2.65 bits per heavy atom. The topological polar surface area (TPSA) is 63.2 Å². The summed E-state index contributed by atoms with van der Waals surface area (Å²) in [4.78, 5) is 0.387. The number of rotatable bonds is 4. The molecular weight excluding hydrogens is 433 g/mol. The van der Waals surface area contributed by atoms with Crippen molar-refractivity contribution in [3.05, 3.63) is 64.4 Å². The van der Waals surface area contributed by atoms with Crippen molar-refractivity contribution in [2.75, 3.05) is 13.1 Å². The molecule has 5 nitrogen and oxygen atoms in total. The monoisotopic (exact) mass is 457 g/mol. The molecule has 2 aromatic carbocycles. The van der Waals surface area contributed by atoms with Crippen molar-refractivity contribution in [1.29, 1.82) is 0 Å². The lowest BCUT2D eigenvalue weighted by atomic mass is 9.92. The molecule has 0 saturated carbocycles. The minimum absolute atomic E-state index is 0.0285. The van der Waals surface area contributed by atoms with Crippen molar-refractivity contribution in [3.63, 3.8) is 0 Å². The average Bonchev–Trinajstić information content (AvgIpc) is 3.29. The predicted octanol–water partition coefficient (Wildman–Crippen LogP) is 4.79. The van der Waals surface area contributed by atoms with E-state index in [1.807, 2.05) is 12.1 Å². The maximum Gasteiger partial charge on any atom is 0.243 e. The molecule has 1 aliphatic heterocycles. The van der Waals surface area contributed by atoms with Crippen molar-refractivity contribution in [3.8, 4) is 10.6 Å². The summed E-state index contributed by atoms with van der Waals surface area (Å²) in [6, 6.07) is 12.1. The summed E-state index contributed by atoms with van der Waals surface area (Å²) in [7, 11) is -3.56. The van der Waals surface area contributed by atoms with Crippen LogP contribution in [0.4, 0.5) is 4.39 Å². The first-order chi connectivity index (χ1) is 15.0. The minimum Gasteiger partial charge on any atom is -0.207 e. The quantitative estimate of drug-likeness (QED) is 0.565. The minimum atomic E-state index is -3.56. The zero-order chi connectivity index (χ0) is 21.4. The first kappa shape index (κ1) is 20.7. The van der Waals surface area contributed by atoms with Crippen molar-refractivity contribution in [2.45, 2.75) is 49.3 Å². The molecule has 1 aromatic heterocycles. The smallest absolute Gasteiger partial charge is 0.207 e. The highest BCUT2D eigenvalue weighted by molar-refractivity contribution is 7.89. The van der Waals surface area contributed by atoms with Crippen LogP contribution in [0.1, 0.15) is 47.7 Å². The lowest BCUT2D eigenvalue weighted by molar-refractivity contribution is 0.314. The molecule has 31 heavy (non-hydrogen) atoms. The van der Waals surface area contributed by atoms with Crippen LogP contribution in [0.2, 0.25) is 0 Å². The Labute approximate surface area is 186 Å². The molecule has 2 heterocycles. The Morgan fingerprint density at radius 2 is 1.81 bits per heavy atom. The summed E-state index contributed by atoms with van der Waals surface area (Å²) in [5, 5.41) is 9.76. The van der Waals surface area contributed by atoms with E-state index in [2.05, 4.69) is 10.2 Å². The van der Waals surface area contributed by atoms with Crippen molar-refractivity contribution in [2.24, 2.45) is 0 Å². The molecule has 0 spiro atoms. The van der Waals surface area contributed by atoms with Gasteiger partial charge < -0.3 is 0 Å². The molecule has 1 saturated heterocycles. The number of nitrogens with zero attached hydrogens (tertiary/aromatic N) is 3. The van der Waals surface area contributed by atoms with E-state index in [-0.39, 0.29) is 11.7 Å². The van der Waals surface area contributed by atoms with Gasteiger partial charge in [-0.1, -0.05) is 29.5 Å². The van der Waals surface area contributed by atoms with E-state index >= 15 is 0 Å². The largest absolute Gasteiger partial charge is 0.243 e. The second kappa shape index (κ2) is 8.41. The zero-order valence-electron chi connectivity index (χ0n) is 17.1. The molecule has 1 atom stereocenters. The number of halogens is 1. The fourth-order valence-electron chi connectivity index (χ4n) is 4.52. The normalized spacial score (nSPS) is 19.8. The van der Waals surface area contributed by atoms with Crippen LogP contribution in [0.3, 0.4) is 0 Å². The summed E-state index contributed by atoms with van der Waals surface area (Å²) >= 11 is 1.35. The van der Waals surface area contributed by atoms with Crippen LogP contribution in [0.25, 0.3) is 10.6 Å². The van der Waals surface area contributed by atoms with E-state index in [4.69, 9.17) is 0 Å². The molecule has 8 heteroatoms. The summed E-state index contributed by atoms with van der Waals surface area (Å²) in [5.74, 6) is -0.357. The van der Waals surface area contributed by atoms with Crippen LogP contribution in [-0.2, 0) is 22.9 Å². The molecule has 0 bridgehead atoms. The fourth-order valence-corrected chi connectivity index (χ4v) is 7.10. The van der Waals surface area contributed by atoms with Gasteiger partial charge in [0, 0.05) is 24.6 Å². The van der Waals surface area contributed by atoms with E-state index < -0.39 is 10.0 Å². The summed E-state index contributed by atoms with van der Waals surface area (Å²) in [6.45, 7) is 0.889. The lowest BCUT2D eigenvalue weighted by Gasteiger charge is -2.31. The molecule has 0 amide bonds. The summed E-state index contributed by atoms with van der Waals surface area (Å²) in [5.41, 5.74) is 2.87. The van der Waals surface area contributed by atoms with E-state index in [0.29, 0.717) is 28.6 Å². The van der Waals surface area contributed by atoms with E-state index in [1.54, 1.807) is 28.6 Å². The molecule has 0 radical (unpaired) electrons. The predicted molar refractivity (Wildman–Crippen MR) is 119 cm³/mol. The second-order valence-corrected chi connectivity index (χ2v) is 11.2. The van der Waals surface area contributed by atoms with Crippen LogP contribution >= 0.6 is 11.3 Å². The number of sulfonamides is 1. The number of piperidine rings is 1. The molecule has 1 aliphatic carbocycles. The maximum atomic E-state index is 14.1. The molecule has 1 unspecified atom stereocenters. The third-order valence-electron chi connectivity index (χ3n) is 6.24. The van der Waals surface area contributed by atoms with Crippen LogP contribution in [0.15, 0.2) is 47.4 Å². The highest BCUT2D eigenvalue weighted by Crippen LogP contribution is 2.35. The third kappa shape index (κ3) is 4.04. The Morgan fingerprint density at radius 1 is 1.00 bits per heavy atom. The Hall–Kier alpha value is -2.16. The van der Waals surface area contributed by atoms with Crippen LogP contribution in [-0.4, -0.2) is 36.0 Å². The van der Waals surface area contributed by atoms with Gasteiger partial charge in [0.2, 0.25) is 10.0 Å². The molecule has 3 aromatic rings. The average molecular weight is 458 g/mol. The molecular formula is C23H24FN3O2S2. The number of hydrogen-bond donors (Lipinski definition) is 0. The number of benzene rings is 2. The molecule has 0 N–H and O–H groups in total. The zero-order valence-corrected chi connectivity index (χ0v) is 18.8. The van der Waals surface area contributed by atoms with Crippen LogP contribution in [0.5, 0.6) is 0 Å². The van der Waals surface area contributed by atoms with Crippen LogP contribution in [0, 0.1) is 5.82 Å². The molecule has 2 aliphatic rings. The Bertz CT molecular complexity index is 1210. The van der Waals surface area contributed by atoms with E-state index in [9.17, 15) is 12.8 Å². The number of fused-ring (bicyclic) bond motifs is 1. The van der Waals surface area contributed by atoms with Gasteiger partial charge in [0.15, 0.2) is 5.01 Å². The lowest BCUT2D eigenvalue weighted by Crippen LogP contribution is -2.39. The summed E-state index contributed by atoms with van der Waals surface area (Å²) < 4.78 is 42.4. The van der Waals surface area contributed by atoms with Gasteiger partial charge in [-0.25, -0.2) is 12.8 Å². The fraction of sp³-hybridized carbons (Fsp3) is 0.391. The van der Waals surface area contributed by atoms with E-state index in [1.165, 1.54) is 35.0 Å². The standard InChI is InChI=1S/C23H24FN3O2S2/c24-21-10-4-3-9-20(21)23-26-25-22(30-23)18-8-5-13-27(15-18)31(28,29)19-12-11-16-6-1-2-7-17(16)14-19/h3-4,9-12,14,18H,1-2,5-8,13,15H2. The Balaban J connectivity index is 1.38. The molecule has 162 valence electrons. The van der Waals surface area contributed by atoms with Gasteiger partial charge in [-0.3, -0.25) is 0 Å². The number of aryl methyl sites for hydroxylation is 2. The van der Waals surface area contributed by atoms with Crippen molar-refractivity contribution >= 4 is 21.4 Å². The van der Waals surface area contributed by atoms with E-state index in [0.717, 1.165) is 37.1 Å². The van der Waals surface area contributed by atoms with Crippen molar-refractivity contribution < 1.29 is 12.8 Å². The Kier molecular flexibility index (Phi) is 5.62. The van der Waals surface area contributed by atoms with Gasteiger partial charge in [0.05, 0.1) is 4.90 Å². The first-order valence-electron chi connectivity index (χ1n) is 10.7. The van der Waals surface area contributed by atoms with Crippen LogP contribution < -0.4 is 0 Å². The molecule has 1 fully saturated rings. The number of hydrogen-bond acceptors (Lipinski definition) is 5. The van der Waals surface area contributed by atoms with Gasteiger partial charge >= 0.3 is 0 Å². The van der Waals surface area contributed by atoms with Gasteiger partial charge in [0.1, 0.15) is 10.8 Å². The highest BCUT2D eigenvalue weighted by Gasteiger charge is 2.33. The van der Waals surface area contributed by atoms with Crippen molar-refractivity contribution in [1.82, 2.24) is 14.5 Å². The second-order valence-electron chi connectivity index (χ2n) is 8.27. The number of aromatic nitrogens is 2. The third-order valence-corrected chi connectivity index (χ3v) is 9.22. The maximum absolute atomic E-state index is 14.1. The highest BCUT2D eigenvalue weighted by atomic mass is 32.2. The summed E-state index contributed by atoms with van der Waals surface area (Å²) in [6.07, 6.45) is 5.88.